The van der Waals surface area contributed by atoms with E-state index in [9.17, 15) is 9.59 Å². The van der Waals surface area contributed by atoms with Crippen molar-refractivity contribution >= 4 is 16.8 Å². The van der Waals surface area contributed by atoms with Gasteiger partial charge in [-0.25, -0.2) is 9.97 Å². The number of imidazole rings is 1. The fourth-order valence-electron chi connectivity index (χ4n) is 4.69. The van der Waals surface area contributed by atoms with E-state index in [1.54, 1.807) is 11.0 Å². The van der Waals surface area contributed by atoms with E-state index in [-0.39, 0.29) is 24.1 Å². The van der Waals surface area contributed by atoms with Crippen molar-refractivity contribution in [1.82, 2.24) is 24.4 Å². The van der Waals surface area contributed by atoms with Gasteiger partial charge in [0.05, 0.1) is 23.1 Å². The number of aromatic amines is 1. The van der Waals surface area contributed by atoms with Gasteiger partial charge in [-0.15, -0.1) is 0 Å². The number of carbonyl (C=O) groups excluding carboxylic acids is 1. The maximum absolute atomic E-state index is 13.9. The van der Waals surface area contributed by atoms with Crippen LogP contribution in [0.1, 0.15) is 55.1 Å². The van der Waals surface area contributed by atoms with Crippen molar-refractivity contribution in [2.45, 2.75) is 58.7 Å². The number of fused-ring (bicyclic) bond motifs is 2. The molecule has 174 valence electrons. The molecule has 0 fully saturated rings. The minimum Gasteiger partial charge on any atom is -0.327 e. The summed E-state index contributed by atoms with van der Waals surface area (Å²) in [5.41, 5.74) is 2.96. The number of para-hydroxylation sites is 1. The van der Waals surface area contributed by atoms with E-state index < -0.39 is 0 Å². The lowest BCUT2D eigenvalue weighted by atomic mass is 10.1. The summed E-state index contributed by atoms with van der Waals surface area (Å²) in [6, 6.07) is 17.2. The summed E-state index contributed by atoms with van der Waals surface area (Å²) in [5.74, 6) is 1.19. The van der Waals surface area contributed by atoms with Crippen molar-refractivity contribution in [1.29, 1.82) is 0 Å². The first kappa shape index (κ1) is 22.1. The van der Waals surface area contributed by atoms with Gasteiger partial charge in [-0.1, -0.05) is 48.9 Å². The van der Waals surface area contributed by atoms with Crippen LogP contribution < -0.4 is 5.56 Å². The quantitative estimate of drug-likeness (QED) is 0.478. The molecule has 0 saturated heterocycles. The Morgan fingerprint density at radius 3 is 2.59 bits per heavy atom. The molecule has 1 N–H and O–H groups in total. The van der Waals surface area contributed by atoms with E-state index >= 15 is 0 Å². The zero-order valence-electron chi connectivity index (χ0n) is 19.6. The zero-order valence-corrected chi connectivity index (χ0v) is 19.6. The van der Waals surface area contributed by atoms with Crippen LogP contribution in [0.2, 0.25) is 0 Å². The van der Waals surface area contributed by atoms with Crippen molar-refractivity contribution < 1.29 is 4.79 Å². The molecule has 0 saturated carbocycles. The van der Waals surface area contributed by atoms with Crippen LogP contribution in [0.15, 0.2) is 59.4 Å². The summed E-state index contributed by atoms with van der Waals surface area (Å²) in [5, 5.41) is 0.542. The lowest BCUT2D eigenvalue weighted by Crippen LogP contribution is -2.38. The minimum atomic E-state index is -0.195. The van der Waals surface area contributed by atoms with Crippen LogP contribution in [-0.2, 0) is 19.5 Å². The van der Waals surface area contributed by atoms with Crippen molar-refractivity contribution in [3.05, 3.63) is 82.2 Å². The number of amides is 1. The number of H-pyrrole nitrogens is 1. The molecular formula is C27H29N5O2. The molecule has 3 heterocycles. The maximum atomic E-state index is 13.9. The highest BCUT2D eigenvalue weighted by Crippen LogP contribution is 2.28. The fraction of sp³-hybridized carbons (Fsp3) is 0.333. The third kappa shape index (κ3) is 4.14. The SMILES string of the molecule is CC(C)N(Cc1nc2ccccc2c(=O)[nH]1)C(=O)c1nc(-c2ccccc2)n2c1CCCCC2. The molecule has 0 atom stereocenters. The Kier molecular flexibility index (Phi) is 6.01. The van der Waals surface area contributed by atoms with Crippen LogP contribution in [0.5, 0.6) is 0 Å². The van der Waals surface area contributed by atoms with Gasteiger partial charge >= 0.3 is 0 Å². The van der Waals surface area contributed by atoms with E-state index in [2.05, 4.69) is 14.5 Å². The van der Waals surface area contributed by atoms with E-state index in [4.69, 9.17) is 4.98 Å². The van der Waals surface area contributed by atoms with Gasteiger partial charge in [-0.2, -0.15) is 0 Å². The van der Waals surface area contributed by atoms with Gasteiger partial charge in [0.1, 0.15) is 17.3 Å². The Bertz CT molecular complexity index is 1390. The molecule has 5 rings (SSSR count). The van der Waals surface area contributed by atoms with Crippen LogP contribution in [0.4, 0.5) is 0 Å². The molecule has 0 aliphatic carbocycles. The Balaban J connectivity index is 1.54. The summed E-state index contributed by atoms with van der Waals surface area (Å²) < 4.78 is 2.23. The van der Waals surface area contributed by atoms with Gasteiger partial charge in [-0.05, 0) is 45.2 Å². The van der Waals surface area contributed by atoms with Crippen molar-refractivity contribution in [3.8, 4) is 11.4 Å². The van der Waals surface area contributed by atoms with Gasteiger partial charge in [0.25, 0.3) is 11.5 Å². The summed E-state index contributed by atoms with van der Waals surface area (Å²) in [7, 11) is 0. The van der Waals surface area contributed by atoms with Gasteiger partial charge < -0.3 is 14.5 Å². The number of rotatable bonds is 5. The number of aromatic nitrogens is 4. The van der Waals surface area contributed by atoms with Gasteiger partial charge in [0.2, 0.25) is 0 Å². The first-order chi connectivity index (χ1) is 16.5. The number of nitrogens with one attached hydrogen (secondary N) is 1. The lowest BCUT2D eigenvalue weighted by Gasteiger charge is -2.26. The van der Waals surface area contributed by atoms with E-state index in [1.807, 2.05) is 62.4 Å². The van der Waals surface area contributed by atoms with E-state index in [0.717, 1.165) is 49.3 Å². The predicted molar refractivity (Wildman–Crippen MR) is 133 cm³/mol. The fourth-order valence-corrected chi connectivity index (χ4v) is 4.69. The Labute approximate surface area is 198 Å². The van der Waals surface area contributed by atoms with Gasteiger partial charge in [0, 0.05) is 18.2 Å². The maximum Gasteiger partial charge on any atom is 0.275 e. The molecule has 1 aliphatic heterocycles. The van der Waals surface area contributed by atoms with Gasteiger partial charge in [-0.3, -0.25) is 9.59 Å². The molecule has 0 unspecified atom stereocenters. The molecule has 0 bridgehead atoms. The molecule has 2 aromatic heterocycles. The summed E-state index contributed by atoms with van der Waals surface area (Å²) in [6.07, 6.45) is 4.09. The minimum absolute atomic E-state index is 0.0902. The molecule has 34 heavy (non-hydrogen) atoms. The molecule has 1 aliphatic rings. The lowest BCUT2D eigenvalue weighted by molar-refractivity contribution is 0.0678. The molecule has 0 radical (unpaired) electrons. The average molecular weight is 456 g/mol. The monoisotopic (exact) mass is 455 g/mol. The molecule has 7 heteroatoms. The highest BCUT2D eigenvalue weighted by molar-refractivity contribution is 5.94. The van der Waals surface area contributed by atoms with E-state index in [1.165, 1.54) is 0 Å². The Hall–Kier alpha value is -3.74. The topological polar surface area (TPSA) is 83.9 Å². The largest absolute Gasteiger partial charge is 0.327 e. The van der Waals surface area contributed by atoms with Crippen LogP contribution in [0, 0.1) is 0 Å². The molecule has 0 spiro atoms. The van der Waals surface area contributed by atoms with Gasteiger partial charge in [0.15, 0.2) is 0 Å². The Morgan fingerprint density at radius 1 is 1.03 bits per heavy atom. The molecule has 7 nitrogen and oxygen atoms in total. The first-order valence-corrected chi connectivity index (χ1v) is 12.0. The number of hydrogen-bond acceptors (Lipinski definition) is 4. The number of hydrogen-bond donors (Lipinski definition) is 1. The van der Waals surface area contributed by atoms with Crippen molar-refractivity contribution in [2.75, 3.05) is 0 Å². The number of nitrogens with zero attached hydrogens (tertiary/aromatic N) is 4. The van der Waals surface area contributed by atoms with Crippen molar-refractivity contribution in [3.63, 3.8) is 0 Å². The molecule has 2 aromatic carbocycles. The van der Waals surface area contributed by atoms with E-state index in [0.29, 0.717) is 22.4 Å². The van der Waals surface area contributed by atoms with Crippen molar-refractivity contribution in [2.24, 2.45) is 0 Å². The average Bonchev–Trinajstić information content (AvgIpc) is 3.03. The Morgan fingerprint density at radius 2 is 1.79 bits per heavy atom. The normalized spacial score (nSPS) is 13.6. The third-order valence-corrected chi connectivity index (χ3v) is 6.47. The smallest absolute Gasteiger partial charge is 0.275 e. The standard InChI is InChI=1S/C27H29N5O2/c1-18(2)32(17-23-28-21-14-9-8-13-20(21)26(33)29-23)27(34)24-22-15-7-4-10-16-31(22)25(30-24)19-11-5-3-6-12-19/h3,5-6,8-9,11-14,18H,4,7,10,15-17H2,1-2H3,(H,28,29,33). The molecule has 4 aromatic rings. The second-order valence-corrected chi connectivity index (χ2v) is 9.12. The molecular weight excluding hydrogens is 426 g/mol. The number of carbonyl (C=O) groups is 1. The first-order valence-electron chi connectivity index (χ1n) is 12.0. The summed E-state index contributed by atoms with van der Waals surface area (Å²) in [6.45, 7) is 5.03. The summed E-state index contributed by atoms with van der Waals surface area (Å²) in [4.78, 5) is 40.6. The van der Waals surface area contributed by atoms with Crippen LogP contribution in [0.3, 0.4) is 0 Å². The molecule has 1 amide bonds. The van der Waals surface area contributed by atoms with Crippen LogP contribution >= 0.6 is 0 Å². The second kappa shape index (κ2) is 9.25. The zero-order chi connectivity index (χ0) is 23.7. The number of benzene rings is 2. The van der Waals surface area contributed by atoms with Crippen LogP contribution in [0.25, 0.3) is 22.3 Å². The van der Waals surface area contributed by atoms with Crippen LogP contribution in [-0.4, -0.2) is 36.4 Å². The second-order valence-electron chi connectivity index (χ2n) is 9.12. The highest BCUT2D eigenvalue weighted by Gasteiger charge is 2.29. The highest BCUT2D eigenvalue weighted by atomic mass is 16.2. The third-order valence-electron chi connectivity index (χ3n) is 6.47. The predicted octanol–water partition coefficient (Wildman–Crippen LogP) is 4.56. The summed E-state index contributed by atoms with van der Waals surface area (Å²) >= 11 is 0.